The molecule has 0 aliphatic heterocycles. The normalized spacial score (nSPS) is 11.1. The van der Waals surface area contributed by atoms with E-state index in [-0.39, 0.29) is 0 Å². The number of nitrogens with one attached hydrogen (secondary N) is 1. The molecule has 3 nitrogen and oxygen atoms in total. The Labute approximate surface area is 135 Å². The third-order valence-corrected chi connectivity index (χ3v) is 4.12. The summed E-state index contributed by atoms with van der Waals surface area (Å²) in [5, 5.41) is 3.41. The van der Waals surface area contributed by atoms with Gasteiger partial charge >= 0.3 is 0 Å². The van der Waals surface area contributed by atoms with E-state index in [1.807, 2.05) is 31.2 Å². The van der Waals surface area contributed by atoms with Crippen molar-refractivity contribution in [2.45, 2.75) is 33.9 Å². The summed E-state index contributed by atoms with van der Waals surface area (Å²) in [5.74, 6) is 1.45. The zero-order chi connectivity index (χ0) is 15.2. The third-order valence-electron chi connectivity index (χ3n) is 2.92. The molecule has 2 heterocycles. The lowest BCUT2D eigenvalue weighted by atomic mass is 10.2. The molecule has 2 aromatic heterocycles. The Balaban J connectivity index is 2.00. The van der Waals surface area contributed by atoms with E-state index in [0.717, 1.165) is 39.4 Å². The molecule has 0 amide bonds. The van der Waals surface area contributed by atoms with Crippen LogP contribution in [0.25, 0.3) is 0 Å². The molecule has 21 heavy (non-hydrogen) atoms. The van der Waals surface area contributed by atoms with Crippen LogP contribution in [0.2, 0.25) is 4.34 Å². The van der Waals surface area contributed by atoms with Crippen molar-refractivity contribution < 1.29 is 4.74 Å². The molecule has 1 N–H and O–H groups in total. The Morgan fingerprint density at radius 3 is 2.76 bits per heavy atom. The highest BCUT2D eigenvalue weighted by molar-refractivity contribution is 7.16. The molecule has 0 aromatic carbocycles. The van der Waals surface area contributed by atoms with E-state index in [9.17, 15) is 0 Å². The van der Waals surface area contributed by atoms with Crippen LogP contribution in [-0.4, -0.2) is 11.5 Å². The van der Waals surface area contributed by atoms with Gasteiger partial charge in [-0.3, -0.25) is 4.98 Å². The van der Waals surface area contributed by atoms with Crippen LogP contribution in [0.15, 0.2) is 24.3 Å². The summed E-state index contributed by atoms with van der Waals surface area (Å²) in [7, 11) is 0. The van der Waals surface area contributed by atoms with Crippen molar-refractivity contribution in [3.05, 3.63) is 44.9 Å². The highest BCUT2D eigenvalue weighted by Crippen LogP contribution is 2.24. The van der Waals surface area contributed by atoms with Gasteiger partial charge in [0, 0.05) is 17.1 Å². The van der Waals surface area contributed by atoms with Crippen molar-refractivity contribution >= 4 is 22.9 Å². The van der Waals surface area contributed by atoms with Gasteiger partial charge in [0.2, 0.25) is 0 Å². The largest absolute Gasteiger partial charge is 0.486 e. The zero-order valence-corrected chi connectivity index (χ0v) is 14.2. The fourth-order valence-electron chi connectivity index (χ4n) is 1.91. The average Bonchev–Trinajstić information content (AvgIpc) is 2.83. The number of halogens is 1. The molecular formula is C16H21ClN2OS. The fourth-order valence-corrected chi connectivity index (χ4v) is 2.91. The molecule has 2 rings (SSSR count). The number of nitrogens with zero attached hydrogens (tertiary/aromatic N) is 1. The van der Waals surface area contributed by atoms with Gasteiger partial charge in [-0.25, -0.2) is 0 Å². The number of hydrogen-bond acceptors (Lipinski definition) is 4. The summed E-state index contributed by atoms with van der Waals surface area (Å²) in [4.78, 5) is 5.69. The lowest BCUT2D eigenvalue weighted by Crippen LogP contribution is -2.20. The quantitative estimate of drug-likeness (QED) is 0.818. The number of rotatable bonds is 7. The van der Waals surface area contributed by atoms with Crippen LogP contribution in [0.5, 0.6) is 5.75 Å². The SMILES string of the molecule is Cc1ccc(OCc2ccc(Cl)s2)c(CNCC(C)C)n1. The van der Waals surface area contributed by atoms with E-state index < -0.39 is 0 Å². The van der Waals surface area contributed by atoms with Gasteiger partial charge in [0.15, 0.2) is 0 Å². The predicted octanol–water partition coefficient (Wildman–Crippen LogP) is 4.43. The van der Waals surface area contributed by atoms with Crippen LogP contribution in [0.1, 0.15) is 30.1 Å². The van der Waals surface area contributed by atoms with Gasteiger partial charge in [-0.05, 0) is 43.7 Å². The predicted molar refractivity (Wildman–Crippen MR) is 89.2 cm³/mol. The van der Waals surface area contributed by atoms with Gasteiger partial charge < -0.3 is 10.1 Å². The Morgan fingerprint density at radius 2 is 2.10 bits per heavy atom. The highest BCUT2D eigenvalue weighted by atomic mass is 35.5. The molecule has 0 fully saturated rings. The first-order valence-electron chi connectivity index (χ1n) is 7.09. The van der Waals surface area contributed by atoms with E-state index in [1.165, 1.54) is 0 Å². The number of ether oxygens (including phenoxy) is 1. The molecule has 0 bridgehead atoms. The van der Waals surface area contributed by atoms with Crippen LogP contribution < -0.4 is 10.1 Å². The highest BCUT2D eigenvalue weighted by Gasteiger charge is 2.07. The molecule has 2 aromatic rings. The molecule has 0 spiro atoms. The second kappa shape index (κ2) is 7.78. The first-order valence-corrected chi connectivity index (χ1v) is 8.28. The Morgan fingerprint density at radius 1 is 1.29 bits per heavy atom. The zero-order valence-electron chi connectivity index (χ0n) is 12.6. The van der Waals surface area contributed by atoms with Crippen LogP contribution in [0.3, 0.4) is 0 Å². The van der Waals surface area contributed by atoms with E-state index in [0.29, 0.717) is 12.5 Å². The van der Waals surface area contributed by atoms with Crippen molar-refractivity contribution in [3.8, 4) is 5.75 Å². The number of hydrogen-bond donors (Lipinski definition) is 1. The summed E-state index contributed by atoms with van der Waals surface area (Å²) < 4.78 is 6.68. The molecule has 0 saturated heterocycles. The summed E-state index contributed by atoms with van der Waals surface area (Å²) in [5.41, 5.74) is 1.96. The summed E-state index contributed by atoms with van der Waals surface area (Å²) in [6.45, 7) is 8.59. The first kappa shape index (κ1) is 16.3. The molecule has 0 radical (unpaired) electrons. The van der Waals surface area contributed by atoms with Crippen LogP contribution >= 0.6 is 22.9 Å². The third kappa shape index (κ3) is 5.30. The lowest BCUT2D eigenvalue weighted by Gasteiger charge is -2.12. The molecule has 0 atom stereocenters. The van der Waals surface area contributed by atoms with Crippen molar-refractivity contribution in [2.24, 2.45) is 5.92 Å². The maximum atomic E-state index is 5.93. The van der Waals surface area contributed by atoms with Crippen molar-refractivity contribution in [3.63, 3.8) is 0 Å². The second-order valence-corrected chi connectivity index (χ2v) is 7.22. The molecule has 0 aliphatic rings. The molecule has 0 saturated carbocycles. The van der Waals surface area contributed by atoms with Crippen molar-refractivity contribution in [2.75, 3.05) is 6.54 Å². The average molecular weight is 325 g/mol. The van der Waals surface area contributed by atoms with Gasteiger partial charge in [-0.15, -0.1) is 11.3 Å². The summed E-state index contributed by atoms with van der Waals surface area (Å²) in [6.07, 6.45) is 0. The lowest BCUT2D eigenvalue weighted by molar-refractivity contribution is 0.303. The summed E-state index contributed by atoms with van der Waals surface area (Å²) in [6, 6.07) is 7.85. The maximum absolute atomic E-state index is 5.93. The van der Waals surface area contributed by atoms with Gasteiger partial charge in [-0.1, -0.05) is 25.4 Å². The van der Waals surface area contributed by atoms with Gasteiger partial charge in [0.25, 0.3) is 0 Å². The Bertz CT molecular complexity index is 583. The maximum Gasteiger partial charge on any atom is 0.142 e. The number of aryl methyl sites for hydroxylation is 1. The first-order chi connectivity index (χ1) is 10.0. The standard InChI is InChI=1S/C16H21ClN2OS/c1-11(2)8-18-9-14-15(6-4-12(3)19-14)20-10-13-5-7-16(17)21-13/h4-7,11,18H,8-10H2,1-3H3. The molecule has 5 heteroatoms. The van der Waals surface area contributed by atoms with Gasteiger partial charge in [0.05, 0.1) is 10.0 Å². The number of aromatic nitrogens is 1. The Kier molecular flexibility index (Phi) is 6.03. The minimum Gasteiger partial charge on any atom is -0.486 e. The van der Waals surface area contributed by atoms with E-state index in [2.05, 4.69) is 24.1 Å². The van der Waals surface area contributed by atoms with E-state index in [1.54, 1.807) is 11.3 Å². The van der Waals surface area contributed by atoms with Crippen molar-refractivity contribution in [1.82, 2.24) is 10.3 Å². The van der Waals surface area contributed by atoms with E-state index in [4.69, 9.17) is 16.3 Å². The number of thiophene rings is 1. The smallest absolute Gasteiger partial charge is 0.142 e. The van der Waals surface area contributed by atoms with Gasteiger partial charge in [0.1, 0.15) is 12.4 Å². The molecule has 0 unspecified atom stereocenters. The minimum absolute atomic E-state index is 0.527. The van der Waals surface area contributed by atoms with E-state index >= 15 is 0 Å². The summed E-state index contributed by atoms with van der Waals surface area (Å²) >= 11 is 7.48. The number of pyridine rings is 1. The second-order valence-electron chi connectivity index (χ2n) is 5.42. The van der Waals surface area contributed by atoms with Crippen LogP contribution in [0, 0.1) is 12.8 Å². The monoisotopic (exact) mass is 324 g/mol. The van der Waals surface area contributed by atoms with Gasteiger partial charge in [-0.2, -0.15) is 0 Å². The Hall–Kier alpha value is -1.10. The molecule has 0 aliphatic carbocycles. The minimum atomic E-state index is 0.527. The van der Waals surface area contributed by atoms with Crippen LogP contribution in [0.4, 0.5) is 0 Å². The van der Waals surface area contributed by atoms with Crippen LogP contribution in [-0.2, 0) is 13.2 Å². The topological polar surface area (TPSA) is 34.1 Å². The van der Waals surface area contributed by atoms with Crippen molar-refractivity contribution in [1.29, 1.82) is 0 Å². The molecular weight excluding hydrogens is 304 g/mol. The fraction of sp³-hybridized carbons (Fsp3) is 0.438. The molecule has 114 valence electrons.